The third-order valence-corrected chi connectivity index (χ3v) is 1.36. The second-order valence-corrected chi connectivity index (χ2v) is 2.22. The number of nitrogens with two attached hydrogens (primary N) is 2. The lowest BCUT2D eigenvalue weighted by atomic mass is 10.2. The number of rotatable bonds is 1. The topological polar surface area (TPSA) is 84.9 Å². The minimum absolute atomic E-state index is 0.121. The summed E-state index contributed by atoms with van der Waals surface area (Å²) in [7, 11) is 0. The first kappa shape index (κ1) is 8.51. The van der Waals surface area contributed by atoms with Crippen LogP contribution in [0.5, 0.6) is 0 Å². The van der Waals surface area contributed by atoms with Crippen LogP contribution in [-0.4, -0.2) is 4.98 Å². The summed E-state index contributed by atoms with van der Waals surface area (Å²) in [5.41, 5.74) is 8.39. The minimum Gasteiger partial charge on any atom is -0.394 e. The molecule has 0 saturated carbocycles. The molecule has 0 spiro atoms. The largest absolute Gasteiger partial charge is 0.394 e. The van der Waals surface area contributed by atoms with Gasteiger partial charge in [0.2, 0.25) is 0 Å². The van der Waals surface area contributed by atoms with E-state index in [4.69, 9.17) is 11.5 Å². The van der Waals surface area contributed by atoms with Crippen LogP contribution in [-0.2, 0) is 0 Å². The maximum atomic E-state index is 12.1. The van der Waals surface area contributed by atoms with E-state index in [2.05, 4.69) is 4.98 Å². The summed E-state index contributed by atoms with van der Waals surface area (Å²) >= 11 is 0. The lowest BCUT2D eigenvalue weighted by Gasteiger charge is -2.03. The Hall–Kier alpha value is -1.59. The molecule has 5 N–H and O–H groups in total. The van der Waals surface area contributed by atoms with Crippen molar-refractivity contribution in [2.24, 2.45) is 0 Å². The van der Waals surface area contributed by atoms with Crippen molar-refractivity contribution in [2.45, 2.75) is 6.43 Å². The van der Waals surface area contributed by atoms with Crippen LogP contribution in [0.3, 0.4) is 0 Å². The first-order chi connectivity index (χ1) is 5.52. The zero-order valence-electron chi connectivity index (χ0n) is 5.97. The van der Waals surface area contributed by atoms with Crippen molar-refractivity contribution in [3.05, 3.63) is 22.0 Å². The van der Waals surface area contributed by atoms with Crippen LogP contribution < -0.4 is 17.0 Å². The van der Waals surface area contributed by atoms with E-state index in [0.29, 0.717) is 0 Å². The summed E-state index contributed by atoms with van der Waals surface area (Å²) in [5, 5.41) is 0. The first-order valence-electron chi connectivity index (χ1n) is 3.08. The van der Waals surface area contributed by atoms with Crippen LogP contribution in [0.2, 0.25) is 0 Å². The number of H-pyrrole nitrogens is 1. The minimum atomic E-state index is -2.78. The Labute approximate surface area is 66.2 Å². The van der Waals surface area contributed by atoms with E-state index in [-0.39, 0.29) is 5.82 Å². The van der Waals surface area contributed by atoms with Crippen molar-refractivity contribution in [3.8, 4) is 0 Å². The third-order valence-electron chi connectivity index (χ3n) is 1.36. The molecular weight excluding hydrogens is 168 g/mol. The summed E-state index contributed by atoms with van der Waals surface area (Å²) in [5.74, 6) is -0.121. The highest BCUT2D eigenvalue weighted by Gasteiger charge is 2.14. The molecule has 0 saturated heterocycles. The van der Waals surface area contributed by atoms with E-state index in [1.54, 1.807) is 0 Å². The molecular formula is C6H7F2N3O. The molecule has 0 unspecified atom stereocenters. The average molecular weight is 175 g/mol. The van der Waals surface area contributed by atoms with Crippen molar-refractivity contribution < 1.29 is 8.78 Å². The molecule has 12 heavy (non-hydrogen) atoms. The normalized spacial score (nSPS) is 10.6. The highest BCUT2D eigenvalue weighted by molar-refractivity contribution is 5.50. The van der Waals surface area contributed by atoms with Gasteiger partial charge in [0.1, 0.15) is 11.5 Å². The van der Waals surface area contributed by atoms with Crippen LogP contribution in [0.1, 0.15) is 12.0 Å². The number of halogens is 2. The van der Waals surface area contributed by atoms with Gasteiger partial charge in [-0.2, -0.15) is 0 Å². The van der Waals surface area contributed by atoms with E-state index in [1.807, 2.05) is 0 Å². The summed E-state index contributed by atoms with van der Waals surface area (Å²) in [6.45, 7) is 0. The van der Waals surface area contributed by atoms with Gasteiger partial charge in [-0.25, -0.2) is 8.78 Å². The number of anilines is 2. The lowest BCUT2D eigenvalue weighted by Crippen LogP contribution is -2.16. The molecule has 0 aliphatic rings. The van der Waals surface area contributed by atoms with Gasteiger partial charge in [-0.3, -0.25) is 4.79 Å². The van der Waals surface area contributed by atoms with E-state index in [0.717, 1.165) is 6.07 Å². The number of aromatic nitrogens is 1. The predicted octanol–water partition coefficient (Wildman–Crippen LogP) is 0.477. The van der Waals surface area contributed by atoms with Gasteiger partial charge < -0.3 is 16.5 Å². The molecule has 1 aromatic heterocycles. The van der Waals surface area contributed by atoms with Crippen LogP contribution in [0.25, 0.3) is 0 Å². The second-order valence-electron chi connectivity index (χ2n) is 2.22. The van der Waals surface area contributed by atoms with Gasteiger partial charge >= 0.3 is 0 Å². The second kappa shape index (κ2) is 2.80. The van der Waals surface area contributed by atoms with Gasteiger partial charge in [-0.1, -0.05) is 0 Å². The van der Waals surface area contributed by atoms with Crippen LogP contribution in [0.4, 0.5) is 20.3 Å². The van der Waals surface area contributed by atoms with Gasteiger partial charge in [0.15, 0.2) is 0 Å². The monoisotopic (exact) mass is 175 g/mol. The molecule has 0 atom stereocenters. The first-order valence-corrected chi connectivity index (χ1v) is 3.08. The van der Waals surface area contributed by atoms with E-state index in [9.17, 15) is 13.6 Å². The van der Waals surface area contributed by atoms with E-state index < -0.39 is 23.2 Å². The fraction of sp³-hybridized carbons (Fsp3) is 0.167. The fourth-order valence-electron chi connectivity index (χ4n) is 0.791. The predicted molar refractivity (Wildman–Crippen MR) is 40.8 cm³/mol. The molecule has 0 aromatic carbocycles. The maximum absolute atomic E-state index is 12.1. The van der Waals surface area contributed by atoms with E-state index in [1.165, 1.54) is 0 Å². The number of nitrogens with one attached hydrogen (secondary N) is 1. The van der Waals surface area contributed by atoms with Crippen LogP contribution >= 0.6 is 0 Å². The Morgan fingerprint density at radius 2 is 2.00 bits per heavy atom. The number of hydrogen-bond donors (Lipinski definition) is 3. The quantitative estimate of drug-likeness (QED) is 0.580. The molecule has 0 fully saturated rings. The van der Waals surface area contributed by atoms with Crippen molar-refractivity contribution in [1.82, 2.24) is 4.98 Å². The maximum Gasteiger partial charge on any atom is 0.273 e. The Balaban J connectivity index is 3.38. The highest BCUT2D eigenvalue weighted by atomic mass is 19.3. The highest BCUT2D eigenvalue weighted by Crippen LogP contribution is 2.22. The van der Waals surface area contributed by atoms with Gasteiger partial charge in [0, 0.05) is 5.56 Å². The zero-order chi connectivity index (χ0) is 9.30. The van der Waals surface area contributed by atoms with Gasteiger partial charge in [0.25, 0.3) is 12.0 Å². The summed E-state index contributed by atoms with van der Waals surface area (Å²) in [6, 6.07) is 0.946. The third kappa shape index (κ3) is 1.36. The zero-order valence-corrected chi connectivity index (χ0v) is 5.97. The Morgan fingerprint density at radius 3 is 2.50 bits per heavy atom. The molecule has 66 valence electrons. The summed E-state index contributed by atoms with van der Waals surface area (Å²) in [6.07, 6.45) is -2.78. The van der Waals surface area contributed by atoms with Crippen LogP contribution in [0, 0.1) is 0 Å². The lowest BCUT2D eigenvalue weighted by molar-refractivity contribution is 0.152. The van der Waals surface area contributed by atoms with E-state index >= 15 is 0 Å². The summed E-state index contributed by atoms with van der Waals surface area (Å²) < 4.78 is 24.2. The van der Waals surface area contributed by atoms with Gasteiger partial charge in [0.05, 0.1) is 0 Å². The SMILES string of the molecule is Nc1cc(C(F)F)c(N)c(=O)[nH]1. The Bertz CT molecular complexity index is 347. The standard InChI is InChI=1S/C6H7F2N3O/c7-5(8)2-1-3(9)11-6(12)4(2)10/h1,5H,10H2,(H3,9,11,12). The average Bonchev–Trinajstić information content (AvgIpc) is 1.96. The molecule has 0 aliphatic heterocycles. The molecule has 1 aromatic rings. The van der Waals surface area contributed by atoms with Gasteiger partial charge in [-0.05, 0) is 6.07 Å². The summed E-state index contributed by atoms with van der Waals surface area (Å²) in [4.78, 5) is 12.9. The van der Waals surface area contributed by atoms with Crippen molar-refractivity contribution in [3.63, 3.8) is 0 Å². The molecule has 1 heterocycles. The molecule has 0 bridgehead atoms. The smallest absolute Gasteiger partial charge is 0.273 e. The number of alkyl halides is 2. The molecule has 4 nitrogen and oxygen atoms in total. The number of aromatic amines is 1. The van der Waals surface area contributed by atoms with Crippen LogP contribution in [0.15, 0.2) is 10.9 Å². The molecule has 1 rings (SSSR count). The number of pyridine rings is 1. The molecule has 6 heteroatoms. The molecule has 0 radical (unpaired) electrons. The number of hydrogen-bond acceptors (Lipinski definition) is 3. The van der Waals surface area contributed by atoms with Crippen molar-refractivity contribution in [2.75, 3.05) is 11.5 Å². The molecule has 0 aliphatic carbocycles. The van der Waals surface area contributed by atoms with Gasteiger partial charge in [-0.15, -0.1) is 0 Å². The molecule has 0 amide bonds. The Kier molecular flexibility index (Phi) is 1.99. The number of nitrogen functional groups attached to an aromatic ring is 2. The fourth-order valence-corrected chi connectivity index (χ4v) is 0.791. The van der Waals surface area contributed by atoms with Crippen molar-refractivity contribution >= 4 is 11.5 Å². The Morgan fingerprint density at radius 1 is 1.42 bits per heavy atom. The van der Waals surface area contributed by atoms with Crippen molar-refractivity contribution in [1.29, 1.82) is 0 Å².